The zero-order valence-corrected chi connectivity index (χ0v) is 13.6. The maximum atomic E-state index is 12.3. The zero-order chi connectivity index (χ0) is 17.4. The summed E-state index contributed by atoms with van der Waals surface area (Å²) in [6.07, 6.45) is 0.0108. The van der Waals surface area contributed by atoms with Crippen LogP contribution in [0.4, 0.5) is 5.69 Å². The summed E-state index contributed by atoms with van der Waals surface area (Å²) in [5.41, 5.74) is 5.68. The molecule has 0 aliphatic carbocycles. The van der Waals surface area contributed by atoms with Gasteiger partial charge in [-0.2, -0.15) is 0 Å². The fourth-order valence-electron chi connectivity index (χ4n) is 1.94. The lowest BCUT2D eigenvalue weighted by Crippen LogP contribution is -2.46. The van der Waals surface area contributed by atoms with Crippen molar-refractivity contribution in [3.05, 3.63) is 24.3 Å². The van der Waals surface area contributed by atoms with E-state index < -0.39 is 17.9 Å². The van der Waals surface area contributed by atoms with E-state index in [1.54, 1.807) is 31.4 Å². The second kappa shape index (κ2) is 8.77. The molecular formula is C16H23N3O4. The van der Waals surface area contributed by atoms with Gasteiger partial charge in [0.05, 0.1) is 13.5 Å². The molecule has 126 valence electrons. The van der Waals surface area contributed by atoms with Gasteiger partial charge in [0.1, 0.15) is 11.8 Å². The van der Waals surface area contributed by atoms with E-state index in [1.165, 1.54) is 0 Å². The first-order valence-corrected chi connectivity index (χ1v) is 7.34. The first kappa shape index (κ1) is 18.5. The molecule has 7 heteroatoms. The molecular weight excluding hydrogens is 298 g/mol. The summed E-state index contributed by atoms with van der Waals surface area (Å²) in [7, 11) is 1.54. The Morgan fingerprint density at radius 3 is 2.22 bits per heavy atom. The van der Waals surface area contributed by atoms with E-state index in [1.807, 2.05) is 13.8 Å². The summed E-state index contributed by atoms with van der Waals surface area (Å²) in [6.45, 7) is 3.78. The van der Waals surface area contributed by atoms with E-state index >= 15 is 0 Å². The van der Waals surface area contributed by atoms with Crippen LogP contribution in [0, 0.1) is 5.92 Å². The van der Waals surface area contributed by atoms with Crippen LogP contribution >= 0.6 is 0 Å². The lowest BCUT2D eigenvalue weighted by Gasteiger charge is -2.18. The average Bonchev–Trinajstić information content (AvgIpc) is 2.46. The second-order valence-corrected chi connectivity index (χ2v) is 5.61. The standard InChI is InChI=1S/C16H23N3O4/c1-10(2)8-15(21)19-13(9-14(17)20)16(22)18-11-4-6-12(23-3)7-5-11/h4-7,10,13H,8-9H2,1-3H3,(H2,17,20)(H,18,22)(H,19,21)/t13-/m0/s1. The van der Waals surface area contributed by atoms with Crippen molar-refractivity contribution in [2.75, 3.05) is 12.4 Å². The molecule has 4 N–H and O–H groups in total. The zero-order valence-electron chi connectivity index (χ0n) is 13.6. The Kier molecular flexibility index (Phi) is 7.05. The molecule has 0 fully saturated rings. The summed E-state index contributed by atoms with van der Waals surface area (Å²) in [5, 5.41) is 5.19. The van der Waals surface area contributed by atoms with Crippen molar-refractivity contribution in [2.45, 2.75) is 32.7 Å². The maximum Gasteiger partial charge on any atom is 0.247 e. The minimum Gasteiger partial charge on any atom is -0.497 e. The first-order chi connectivity index (χ1) is 10.8. The lowest BCUT2D eigenvalue weighted by atomic mass is 10.1. The Labute approximate surface area is 135 Å². The van der Waals surface area contributed by atoms with Crippen LogP contribution < -0.4 is 21.1 Å². The highest BCUT2D eigenvalue weighted by Crippen LogP contribution is 2.15. The molecule has 0 aliphatic rings. The summed E-state index contributed by atoms with van der Waals surface area (Å²) in [6, 6.07) is 5.70. The molecule has 0 saturated heterocycles. The van der Waals surface area contributed by atoms with Crippen molar-refractivity contribution in [1.29, 1.82) is 0 Å². The number of nitrogens with two attached hydrogens (primary N) is 1. The summed E-state index contributed by atoms with van der Waals surface area (Å²) >= 11 is 0. The molecule has 1 rings (SSSR count). The molecule has 0 spiro atoms. The third kappa shape index (κ3) is 6.82. The summed E-state index contributed by atoms with van der Waals surface area (Å²) < 4.78 is 5.03. The van der Waals surface area contributed by atoms with E-state index in [9.17, 15) is 14.4 Å². The number of amides is 3. The number of benzene rings is 1. The largest absolute Gasteiger partial charge is 0.497 e. The molecule has 0 aromatic heterocycles. The van der Waals surface area contributed by atoms with Gasteiger partial charge in [-0.15, -0.1) is 0 Å². The summed E-state index contributed by atoms with van der Waals surface area (Å²) in [5.74, 6) is -0.650. The van der Waals surface area contributed by atoms with Crippen molar-refractivity contribution in [3.63, 3.8) is 0 Å². The van der Waals surface area contributed by atoms with Crippen molar-refractivity contribution in [3.8, 4) is 5.75 Å². The molecule has 1 aromatic rings. The number of rotatable bonds is 8. The molecule has 0 bridgehead atoms. The second-order valence-electron chi connectivity index (χ2n) is 5.61. The fraction of sp³-hybridized carbons (Fsp3) is 0.438. The minimum absolute atomic E-state index is 0.147. The normalized spacial score (nSPS) is 11.7. The number of hydrogen-bond donors (Lipinski definition) is 3. The lowest BCUT2D eigenvalue weighted by molar-refractivity contribution is -0.129. The Morgan fingerprint density at radius 1 is 1.13 bits per heavy atom. The number of ether oxygens (including phenoxy) is 1. The highest BCUT2D eigenvalue weighted by molar-refractivity contribution is 5.99. The molecule has 0 saturated carbocycles. The number of nitrogens with one attached hydrogen (secondary N) is 2. The quantitative estimate of drug-likeness (QED) is 0.664. The Hall–Kier alpha value is -2.57. The van der Waals surface area contributed by atoms with Crippen LogP contribution in [-0.2, 0) is 14.4 Å². The predicted molar refractivity (Wildman–Crippen MR) is 86.8 cm³/mol. The van der Waals surface area contributed by atoms with Gasteiger partial charge in [-0.1, -0.05) is 13.8 Å². The van der Waals surface area contributed by atoms with E-state index in [-0.39, 0.29) is 24.7 Å². The van der Waals surface area contributed by atoms with Gasteiger partial charge >= 0.3 is 0 Å². The number of hydrogen-bond acceptors (Lipinski definition) is 4. The van der Waals surface area contributed by atoms with Gasteiger partial charge in [-0.05, 0) is 30.2 Å². The molecule has 1 atom stereocenters. The fourth-order valence-corrected chi connectivity index (χ4v) is 1.94. The minimum atomic E-state index is -0.999. The van der Waals surface area contributed by atoms with Crippen LogP contribution in [0.3, 0.4) is 0 Å². The van der Waals surface area contributed by atoms with Gasteiger partial charge < -0.3 is 21.1 Å². The first-order valence-electron chi connectivity index (χ1n) is 7.34. The molecule has 23 heavy (non-hydrogen) atoms. The molecule has 0 radical (unpaired) electrons. The number of methoxy groups -OCH3 is 1. The van der Waals surface area contributed by atoms with E-state index in [0.717, 1.165) is 0 Å². The van der Waals surface area contributed by atoms with Gasteiger partial charge in [-0.25, -0.2) is 0 Å². The average molecular weight is 321 g/mol. The highest BCUT2D eigenvalue weighted by Gasteiger charge is 2.23. The summed E-state index contributed by atoms with van der Waals surface area (Å²) in [4.78, 5) is 35.2. The van der Waals surface area contributed by atoms with Gasteiger partial charge in [0.2, 0.25) is 17.7 Å². The van der Waals surface area contributed by atoms with Crippen LogP contribution in [0.1, 0.15) is 26.7 Å². The van der Waals surface area contributed by atoms with Crippen LogP contribution in [0.15, 0.2) is 24.3 Å². The van der Waals surface area contributed by atoms with Crippen molar-refractivity contribution >= 4 is 23.4 Å². The molecule has 0 unspecified atom stereocenters. The van der Waals surface area contributed by atoms with Crippen molar-refractivity contribution in [1.82, 2.24) is 5.32 Å². The van der Waals surface area contributed by atoms with Gasteiger partial charge in [-0.3, -0.25) is 14.4 Å². The van der Waals surface area contributed by atoms with E-state index in [4.69, 9.17) is 10.5 Å². The van der Waals surface area contributed by atoms with Crippen molar-refractivity contribution < 1.29 is 19.1 Å². The van der Waals surface area contributed by atoms with E-state index in [0.29, 0.717) is 11.4 Å². The number of anilines is 1. The Balaban J connectivity index is 2.73. The van der Waals surface area contributed by atoms with Crippen LogP contribution in [0.2, 0.25) is 0 Å². The van der Waals surface area contributed by atoms with Gasteiger partial charge in [0.15, 0.2) is 0 Å². The van der Waals surface area contributed by atoms with E-state index in [2.05, 4.69) is 10.6 Å². The third-order valence-corrected chi connectivity index (χ3v) is 3.01. The Bertz CT molecular complexity index is 555. The third-order valence-electron chi connectivity index (χ3n) is 3.01. The smallest absolute Gasteiger partial charge is 0.247 e. The van der Waals surface area contributed by atoms with Gasteiger partial charge in [0, 0.05) is 12.1 Å². The molecule has 0 aliphatic heterocycles. The van der Waals surface area contributed by atoms with Crippen LogP contribution in [0.5, 0.6) is 5.75 Å². The van der Waals surface area contributed by atoms with Crippen LogP contribution in [-0.4, -0.2) is 30.9 Å². The highest BCUT2D eigenvalue weighted by atomic mass is 16.5. The number of carbonyl (C=O) groups excluding carboxylic acids is 3. The molecule has 3 amide bonds. The number of primary amides is 1. The topological polar surface area (TPSA) is 111 Å². The maximum absolute atomic E-state index is 12.3. The number of carbonyl (C=O) groups is 3. The monoisotopic (exact) mass is 321 g/mol. The van der Waals surface area contributed by atoms with Gasteiger partial charge in [0.25, 0.3) is 0 Å². The van der Waals surface area contributed by atoms with Crippen molar-refractivity contribution in [2.24, 2.45) is 11.7 Å². The predicted octanol–water partition coefficient (Wildman–Crippen LogP) is 1.04. The molecule has 1 aromatic carbocycles. The SMILES string of the molecule is COc1ccc(NC(=O)[C@H](CC(N)=O)NC(=O)CC(C)C)cc1. The molecule has 0 heterocycles. The molecule has 7 nitrogen and oxygen atoms in total. The van der Waals surface area contributed by atoms with Crippen LogP contribution in [0.25, 0.3) is 0 Å². The Morgan fingerprint density at radius 2 is 1.74 bits per heavy atom.